The lowest BCUT2D eigenvalue weighted by atomic mass is 10.00. The Kier molecular flexibility index (Phi) is 10.3. The number of amides is 1. The van der Waals surface area contributed by atoms with Crippen LogP contribution in [-0.4, -0.2) is 37.1 Å². The van der Waals surface area contributed by atoms with Crippen LogP contribution >= 0.6 is 7.60 Å². The Bertz CT molecular complexity index is 1360. The topological polar surface area (TPSA) is 79.9 Å². The first-order chi connectivity index (χ1) is 19.4. The molecule has 1 aliphatic rings. The van der Waals surface area contributed by atoms with Gasteiger partial charge in [0.2, 0.25) is 0 Å². The number of fused-ring (bicyclic) bond motifs is 1. The minimum atomic E-state index is -3.53. The summed E-state index contributed by atoms with van der Waals surface area (Å²) in [6.07, 6.45) is 2.26. The molecule has 0 atom stereocenters. The van der Waals surface area contributed by atoms with Crippen molar-refractivity contribution in [1.29, 1.82) is 0 Å². The fourth-order valence-corrected chi connectivity index (χ4v) is 6.58. The Balaban J connectivity index is 1.74. The monoisotopic (exact) mass is 561 g/mol. The van der Waals surface area contributed by atoms with E-state index in [9.17, 15) is 9.36 Å². The Morgan fingerprint density at radius 3 is 2.12 bits per heavy atom. The molecule has 1 aliphatic heterocycles. The number of carbonyl (C=O) groups is 1. The molecule has 3 aromatic rings. The van der Waals surface area contributed by atoms with Crippen LogP contribution in [0.3, 0.4) is 0 Å². The lowest BCUT2D eigenvalue weighted by Crippen LogP contribution is -2.24. The van der Waals surface area contributed by atoms with Crippen molar-refractivity contribution in [3.8, 4) is 0 Å². The zero-order chi connectivity index (χ0) is 28.5. The molecule has 212 valence electrons. The minimum absolute atomic E-state index is 0.229. The molecule has 0 radical (unpaired) electrons. The molecule has 0 bridgehead atoms. The van der Waals surface area contributed by atoms with Crippen LogP contribution < -0.4 is 15.9 Å². The van der Waals surface area contributed by atoms with Crippen LogP contribution in [0.5, 0.6) is 0 Å². The summed E-state index contributed by atoms with van der Waals surface area (Å²) < 4.78 is 24.7. The van der Waals surface area contributed by atoms with Crippen LogP contribution in [0.4, 0.5) is 11.4 Å². The number of nitrogens with zero attached hydrogens (tertiary/aromatic N) is 1. The molecule has 0 saturated carbocycles. The lowest BCUT2D eigenvalue weighted by molar-refractivity contribution is -0.110. The first kappa shape index (κ1) is 29.8. The molecule has 4 rings (SSSR count). The van der Waals surface area contributed by atoms with Gasteiger partial charge < -0.3 is 19.7 Å². The van der Waals surface area contributed by atoms with Gasteiger partial charge in [-0.3, -0.25) is 14.3 Å². The smallest absolute Gasteiger partial charge is 0.354 e. The highest BCUT2D eigenvalue weighted by Gasteiger charge is 2.33. The number of rotatable bonds is 14. The van der Waals surface area contributed by atoms with Crippen LogP contribution in [0.2, 0.25) is 0 Å². The van der Waals surface area contributed by atoms with Gasteiger partial charge in [-0.2, -0.15) is 0 Å². The van der Waals surface area contributed by atoms with Crippen molar-refractivity contribution in [3.05, 3.63) is 89.5 Å². The molecule has 0 unspecified atom stereocenters. The van der Waals surface area contributed by atoms with E-state index in [1.807, 2.05) is 30.3 Å². The maximum atomic E-state index is 13.5. The second-order valence-electron chi connectivity index (χ2n) is 9.73. The normalized spacial score (nSPS) is 14.3. The van der Waals surface area contributed by atoms with E-state index in [1.54, 1.807) is 32.0 Å². The second-order valence-corrected chi connectivity index (χ2v) is 11.8. The molecule has 0 fully saturated rings. The predicted molar refractivity (Wildman–Crippen MR) is 165 cm³/mol. The molecule has 8 heteroatoms. The Morgan fingerprint density at radius 1 is 0.875 bits per heavy atom. The Labute approximate surface area is 238 Å². The molecule has 40 heavy (non-hydrogen) atoms. The van der Waals surface area contributed by atoms with Crippen molar-refractivity contribution in [2.24, 2.45) is 0 Å². The van der Waals surface area contributed by atoms with Gasteiger partial charge in [0.05, 0.1) is 29.8 Å². The van der Waals surface area contributed by atoms with Gasteiger partial charge in [0.15, 0.2) is 0 Å². The summed E-state index contributed by atoms with van der Waals surface area (Å²) in [4.78, 5) is 15.9. The number of carbonyl (C=O) groups excluding carboxylic acids is 1. The summed E-state index contributed by atoms with van der Waals surface area (Å²) in [5.74, 6) is -0.229. The van der Waals surface area contributed by atoms with Crippen molar-refractivity contribution in [2.45, 2.75) is 47.1 Å². The highest BCUT2D eigenvalue weighted by Crippen LogP contribution is 2.48. The highest BCUT2D eigenvalue weighted by atomic mass is 31.2. The molecule has 2 N–H and O–H groups in total. The van der Waals surface area contributed by atoms with E-state index in [-0.39, 0.29) is 19.1 Å². The van der Waals surface area contributed by atoms with Crippen molar-refractivity contribution in [2.75, 3.05) is 36.9 Å². The highest BCUT2D eigenvalue weighted by molar-refractivity contribution is 7.62. The Morgan fingerprint density at radius 2 is 1.52 bits per heavy atom. The van der Waals surface area contributed by atoms with E-state index >= 15 is 0 Å². The van der Waals surface area contributed by atoms with E-state index in [2.05, 4.69) is 53.6 Å². The quantitative estimate of drug-likeness (QED) is 0.161. The van der Waals surface area contributed by atoms with E-state index in [4.69, 9.17) is 9.05 Å². The lowest BCUT2D eigenvalue weighted by Gasteiger charge is -2.21. The summed E-state index contributed by atoms with van der Waals surface area (Å²) in [5.41, 5.74) is 5.44. The third-order valence-corrected chi connectivity index (χ3v) is 8.79. The van der Waals surface area contributed by atoms with Gasteiger partial charge in [0.1, 0.15) is 0 Å². The van der Waals surface area contributed by atoms with Crippen LogP contribution in [0.1, 0.15) is 57.2 Å². The summed E-state index contributed by atoms with van der Waals surface area (Å²) in [6.45, 7) is 11.5. The third kappa shape index (κ3) is 6.91. The fourth-order valence-electron chi connectivity index (χ4n) is 4.98. The fraction of sp³-hybridized carbons (Fsp3) is 0.344. The number of hydrogen-bond acceptors (Lipinski definition) is 6. The molecule has 0 saturated heterocycles. The van der Waals surface area contributed by atoms with Gasteiger partial charge in [-0.15, -0.1) is 0 Å². The predicted octanol–water partition coefficient (Wildman–Crippen LogP) is 7.13. The molecular weight excluding hydrogens is 521 g/mol. The largest absolute Gasteiger partial charge is 0.361 e. The van der Waals surface area contributed by atoms with E-state index in [1.165, 1.54) is 5.56 Å². The van der Waals surface area contributed by atoms with Gasteiger partial charge in [-0.25, -0.2) is 0 Å². The Hall–Kier alpha value is -3.22. The van der Waals surface area contributed by atoms with Crippen molar-refractivity contribution in [3.63, 3.8) is 0 Å². The number of anilines is 2. The average Bonchev–Trinajstić information content (AvgIpc) is 3.28. The van der Waals surface area contributed by atoms with E-state index in [0.29, 0.717) is 27.8 Å². The standard InChI is InChI=1S/C32H40N3O4P/c1-5-20-35(21-6-2)23-24-14-16-26(17-15-24)33-31(25-12-10-9-11-13-25)30-28-22-27(18-19-29(28)34-32(30)36)40(37,38-7-3)39-8-4/h9-19,22,33H,5-8,20-21,23H2,1-4H3,(H,34,36). The van der Waals surface area contributed by atoms with E-state index < -0.39 is 7.60 Å². The van der Waals surface area contributed by atoms with Crippen LogP contribution in [0.15, 0.2) is 72.8 Å². The van der Waals surface area contributed by atoms with Gasteiger partial charge in [0.25, 0.3) is 5.91 Å². The maximum absolute atomic E-state index is 13.5. The SMILES string of the molecule is CCCN(CCC)Cc1ccc(NC(=C2C(=O)Nc3ccc(P(=O)(OCC)OCC)cc32)c2ccccc2)cc1. The number of benzene rings is 3. The summed E-state index contributed by atoms with van der Waals surface area (Å²) >= 11 is 0. The summed E-state index contributed by atoms with van der Waals surface area (Å²) in [7, 11) is -3.53. The second kappa shape index (κ2) is 13.9. The molecule has 3 aromatic carbocycles. The average molecular weight is 562 g/mol. The van der Waals surface area contributed by atoms with E-state index in [0.717, 1.165) is 43.7 Å². The first-order valence-corrected chi connectivity index (χ1v) is 15.7. The van der Waals surface area contributed by atoms with Crippen molar-refractivity contribution in [1.82, 2.24) is 4.90 Å². The number of hydrogen-bond donors (Lipinski definition) is 2. The molecule has 1 amide bonds. The van der Waals surface area contributed by atoms with Crippen molar-refractivity contribution >= 4 is 41.5 Å². The third-order valence-electron chi connectivity index (χ3n) is 6.68. The summed E-state index contributed by atoms with van der Waals surface area (Å²) in [5, 5.41) is 6.91. The summed E-state index contributed by atoms with van der Waals surface area (Å²) in [6, 6.07) is 23.4. The molecule has 0 spiro atoms. The molecular formula is C32H40N3O4P. The number of nitrogens with one attached hydrogen (secondary N) is 2. The maximum Gasteiger partial charge on any atom is 0.361 e. The molecule has 0 aromatic heterocycles. The van der Waals surface area contributed by atoms with Gasteiger partial charge >= 0.3 is 7.60 Å². The first-order valence-electron chi connectivity index (χ1n) is 14.2. The van der Waals surface area contributed by atoms with Crippen LogP contribution in [-0.2, 0) is 25.0 Å². The van der Waals surface area contributed by atoms with Crippen LogP contribution in [0.25, 0.3) is 11.3 Å². The molecule has 7 nitrogen and oxygen atoms in total. The van der Waals surface area contributed by atoms with Gasteiger partial charge in [-0.1, -0.05) is 56.3 Å². The minimum Gasteiger partial charge on any atom is -0.354 e. The zero-order valence-electron chi connectivity index (χ0n) is 23.9. The molecule has 0 aliphatic carbocycles. The van der Waals surface area contributed by atoms with Gasteiger partial charge in [0, 0.05) is 23.5 Å². The van der Waals surface area contributed by atoms with Gasteiger partial charge in [-0.05, 0) is 81.2 Å². The van der Waals surface area contributed by atoms with Crippen LogP contribution in [0, 0.1) is 0 Å². The van der Waals surface area contributed by atoms with Crippen molar-refractivity contribution < 1.29 is 18.4 Å². The molecule has 1 heterocycles. The zero-order valence-corrected chi connectivity index (χ0v) is 24.8.